The molecule has 0 aliphatic heterocycles. The van der Waals surface area contributed by atoms with Crippen molar-refractivity contribution in [1.82, 2.24) is 15.5 Å². The van der Waals surface area contributed by atoms with Crippen LogP contribution in [0.2, 0.25) is 0 Å². The number of rotatable bonds is 13. The van der Waals surface area contributed by atoms with Gasteiger partial charge < -0.3 is 29.7 Å². The Morgan fingerprint density at radius 3 is 2.61 bits per heavy atom. The lowest BCUT2D eigenvalue weighted by Gasteiger charge is -2.19. The van der Waals surface area contributed by atoms with Crippen LogP contribution in [0.4, 0.5) is 0 Å². The third-order valence-corrected chi connectivity index (χ3v) is 5.31. The van der Waals surface area contributed by atoms with Gasteiger partial charge in [-0.3, -0.25) is 0 Å². The molecule has 1 aromatic rings. The minimum absolute atomic E-state index is 0. The van der Waals surface area contributed by atoms with Crippen LogP contribution in [-0.2, 0) is 11.3 Å². The third kappa shape index (κ3) is 10.3. The second-order valence-electron chi connectivity index (χ2n) is 7.74. The highest BCUT2D eigenvalue weighted by Crippen LogP contribution is 2.35. The third-order valence-electron chi connectivity index (χ3n) is 5.31. The van der Waals surface area contributed by atoms with Crippen molar-refractivity contribution in [3.63, 3.8) is 0 Å². The zero-order valence-electron chi connectivity index (χ0n) is 19.6. The number of halogens is 1. The largest absolute Gasteiger partial charge is 0.493 e. The van der Waals surface area contributed by atoms with Gasteiger partial charge in [-0.25, -0.2) is 4.99 Å². The molecule has 7 nitrogen and oxygen atoms in total. The Labute approximate surface area is 205 Å². The van der Waals surface area contributed by atoms with Crippen LogP contribution in [0, 0.1) is 0 Å². The normalized spacial score (nSPS) is 14.4. The van der Waals surface area contributed by atoms with Crippen molar-refractivity contribution in [3.8, 4) is 11.5 Å². The molecule has 1 aliphatic carbocycles. The van der Waals surface area contributed by atoms with Gasteiger partial charge in [-0.05, 0) is 58.7 Å². The monoisotopic (exact) mass is 548 g/mol. The number of aliphatic imine (C=N–C) groups is 1. The molecule has 0 aromatic heterocycles. The number of benzene rings is 1. The SMILES string of the molecule is CCNC(=NCc1cccc(OC)c1OC1CCCC1)NCCCN(C)CCOC.I. The summed E-state index contributed by atoms with van der Waals surface area (Å²) in [6.07, 6.45) is 6.03. The summed E-state index contributed by atoms with van der Waals surface area (Å²) in [5.41, 5.74) is 1.05. The van der Waals surface area contributed by atoms with Crippen molar-refractivity contribution in [3.05, 3.63) is 23.8 Å². The lowest BCUT2D eigenvalue weighted by atomic mass is 10.1. The van der Waals surface area contributed by atoms with Gasteiger partial charge >= 0.3 is 0 Å². The Kier molecular flexibility index (Phi) is 14.7. The molecule has 2 rings (SSSR count). The van der Waals surface area contributed by atoms with Crippen LogP contribution in [0.25, 0.3) is 0 Å². The van der Waals surface area contributed by atoms with E-state index in [1.807, 2.05) is 12.1 Å². The summed E-state index contributed by atoms with van der Waals surface area (Å²) in [5.74, 6) is 2.45. The number of likely N-dealkylation sites (N-methyl/N-ethyl adjacent to an activating group) is 1. The van der Waals surface area contributed by atoms with Gasteiger partial charge in [-0.1, -0.05) is 12.1 Å². The molecule has 8 heteroatoms. The second kappa shape index (κ2) is 16.4. The van der Waals surface area contributed by atoms with Crippen molar-refractivity contribution in [2.24, 2.45) is 4.99 Å². The van der Waals surface area contributed by atoms with Gasteiger partial charge in [0.25, 0.3) is 0 Å². The van der Waals surface area contributed by atoms with Crippen molar-refractivity contribution in [1.29, 1.82) is 0 Å². The molecule has 2 N–H and O–H groups in total. The van der Waals surface area contributed by atoms with E-state index in [1.165, 1.54) is 12.8 Å². The van der Waals surface area contributed by atoms with Crippen LogP contribution in [0.5, 0.6) is 11.5 Å². The summed E-state index contributed by atoms with van der Waals surface area (Å²) >= 11 is 0. The Morgan fingerprint density at radius 1 is 1.16 bits per heavy atom. The maximum atomic E-state index is 6.33. The summed E-state index contributed by atoms with van der Waals surface area (Å²) in [6.45, 7) is 7.04. The molecule has 0 unspecified atom stereocenters. The average Bonchev–Trinajstić information content (AvgIpc) is 3.27. The Hall–Kier alpha value is -1.26. The molecular weight excluding hydrogens is 507 g/mol. The number of hydrogen-bond donors (Lipinski definition) is 2. The maximum absolute atomic E-state index is 6.33. The number of nitrogens with one attached hydrogen (secondary N) is 2. The van der Waals surface area contributed by atoms with Gasteiger partial charge in [0.05, 0.1) is 26.4 Å². The number of ether oxygens (including phenoxy) is 3. The van der Waals surface area contributed by atoms with Gasteiger partial charge in [0.1, 0.15) is 0 Å². The molecule has 0 spiro atoms. The first-order valence-corrected chi connectivity index (χ1v) is 11.2. The molecule has 0 radical (unpaired) electrons. The van der Waals surface area contributed by atoms with E-state index in [9.17, 15) is 0 Å². The van der Waals surface area contributed by atoms with Gasteiger partial charge in [-0.15, -0.1) is 24.0 Å². The van der Waals surface area contributed by atoms with E-state index in [2.05, 4.69) is 35.6 Å². The van der Waals surface area contributed by atoms with Crippen LogP contribution in [0.15, 0.2) is 23.2 Å². The smallest absolute Gasteiger partial charge is 0.191 e. The number of para-hydroxylation sites is 1. The first-order valence-electron chi connectivity index (χ1n) is 11.2. The minimum Gasteiger partial charge on any atom is -0.493 e. The summed E-state index contributed by atoms with van der Waals surface area (Å²) < 4.78 is 17.0. The predicted molar refractivity (Wildman–Crippen MR) is 138 cm³/mol. The zero-order chi connectivity index (χ0) is 21.6. The van der Waals surface area contributed by atoms with Crippen LogP contribution in [0.3, 0.4) is 0 Å². The maximum Gasteiger partial charge on any atom is 0.191 e. The molecule has 1 fully saturated rings. The van der Waals surface area contributed by atoms with E-state index in [0.29, 0.717) is 6.54 Å². The van der Waals surface area contributed by atoms with Gasteiger partial charge in [-0.2, -0.15) is 0 Å². The fourth-order valence-electron chi connectivity index (χ4n) is 3.57. The second-order valence-corrected chi connectivity index (χ2v) is 7.74. The lowest BCUT2D eigenvalue weighted by molar-refractivity contribution is 0.161. The fraction of sp³-hybridized carbons (Fsp3) is 0.696. The molecule has 1 aromatic carbocycles. The summed E-state index contributed by atoms with van der Waals surface area (Å²) in [5, 5.41) is 6.76. The summed E-state index contributed by atoms with van der Waals surface area (Å²) in [7, 11) is 5.55. The molecule has 0 saturated heterocycles. The molecule has 31 heavy (non-hydrogen) atoms. The Balaban J connectivity index is 0.00000480. The number of methoxy groups -OCH3 is 2. The lowest BCUT2D eigenvalue weighted by Crippen LogP contribution is -2.38. The van der Waals surface area contributed by atoms with Crippen molar-refractivity contribution in [2.75, 3.05) is 54.1 Å². The first kappa shape index (κ1) is 27.8. The quantitative estimate of drug-likeness (QED) is 0.170. The van der Waals surface area contributed by atoms with Gasteiger partial charge in [0.2, 0.25) is 0 Å². The molecular formula is C23H41IN4O3. The van der Waals surface area contributed by atoms with E-state index in [4.69, 9.17) is 19.2 Å². The van der Waals surface area contributed by atoms with Crippen LogP contribution >= 0.6 is 24.0 Å². The molecule has 0 amide bonds. The number of nitrogens with zero attached hydrogens (tertiary/aromatic N) is 2. The molecule has 178 valence electrons. The molecule has 0 atom stereocenters. The van der Waals surface area contributed by atoms with Crippen LogP contribution in [-0.4, -0.2) is 71.0 Å². The van der Waals surface area contributed by atoms with Crippen LogP contribution < -0.4 is 20.1 Å². The molecule has 0 heterocycles. The van der Waals surface area contributed by atoms with Gasteiger partial charge in [0, 0.05) is 32.3 Å². The number of hydrogen-bond acceptors (Lipinski definition) is 5. The topological polar surface area (TPSA) is 67.4 Å². The molecule has 0 bridgehead atoms. The molecule has 1 saturated carbocycles. The number of guanidine groups is 1. The van der Waals surface area contributed by atoms with E-state index in [0.717, 1.165) is 75.1 Å². The van der Waals surface area contributed by atoms with E-state index < -0.39 is 0 Å². The first-order chi connectivity index (χ1) is 14.7. The standard InChI is InChI=1S/C23H40N4O3.HI/c1-5-24-23(25-14-9-15-27(2)16-17-28-3)26-18-19-10-8-13-21(29-4)22(19)30-20-11-6-7-12-20;/h8,10,13,20H,5-7,9,11-12,14-18H2,1-4H3,(H2,24,25,26);1H. The van der Waals surface area contributed by atoms with E-state index in [1.54, 1.807) is 14.2 Å². The zero-order valence-corrected chi connectivity index (χ0v) is 21.9. The summed E-state index contributed by atoms with van der Waals surface area (Å²) in [6, 6.07) is 6.03. The highest BCUT2D eigenvalue weighted by Gasteiger charge is 2.20. The Bertz CT molecular complexity index is 639. The van der Waals surface area contributed by atoms with E-state index in [-0.39, 0.29) is 30.1 Å². The van der Waals surface area contributed by atoms with E-state index >= 15 is 0 Å². The molecule has 1 aliphatic rings. The highest BCUT2D eigenvalue weighted by atomic mass is 127. The summed E-state index contributed by atoms with van der Waals surface area (Å²) in [4.78, 5) is 7.06. The van der Waals surface area contributed by atoms with Crippen molar-refractivity contribution in [2.45, 2.75) is 51.7 Å². The Morgan fingerprint density at radius 2 is 1.94 bits per heavy atom. The van der Waals surface area contributed by atoms with Crippen molar-refractivity contribution >= 4 is 29.9 Å². The highest BCUT2D eigenvalue weighted by molar-refractivity contribution is 14.0. The average molecular weight is 549 g/mol. The minimum atomic E-state index is 0. The van der Waals surface area contributed by atoms with Gasteiger partial charge in [0.15, 0.2) is 17.5 Å². The predicted octanol–water partition coefficient (Wildman–Crippen LogP) is 3.66. The van der Waals surface area contributed by atoms with Crippen LogP contribution in [0.1, 0.15) is 44.6 Å². The van der Waals surface area contributed by atoms with Crippen molar-refractivity contribution < 1.29 is 14.2 Å². The fourth-order valence-corrected chi connectivity index (χ4v) is 3.57.